The monoisotopic (exact) mass is 352 g/mol. The van der Waals surface area contributed by atoms with Crippen LogP contribution in [-0.4, -0.2) is 43.9 Å². The number of nitrogens with zero attached hydrogens (tertiary/aromatic N) is 1. The quantitative estimate of drug-likeness (QED) is 0.903. The summed E-state index contributed by atoms with van der Waals surface area (Å²) in [5, 5.41) is 3.23. The van der Waals surface area contributed by atoms with Gasteiger partial charge in [0.1, 0.15) is 10.7 Å². The molecule has 2 rings (SSSR count). The lowest BCUT2D eigenvalue weighted by Crippen LogP contribution is -2.41. The van der Waals surface area contributed by atoms with Gasteiger partial charge in [-0.2, -0.15) is 16.1 Å². The number of sulfonamides is 1. The molecule has 1 aliphatic rings. The minimum atomic E-state index is -3.86. The Balaban J connectivity index is 2.44. The molecule has 0 aromatic heterocycles. The zero-order valence-electron chi connectivity index (χ0n) is 11.9. The van der Waals surface area contributed by atoms with Crippen molar-refractivity contribution in [2.45, 2.75) is 23.6 Å². The van der Waals surface area contributed by atoms with Crippen LogP contribution in [0.3, 0.4) is 0 Å². The zero-order chi connectivity index (χ0) is 15.6. The van der Waals surface area contributed by atoms with Crippen LogP contribution >= 0.6 is 23.4 Å². The molecule has 4 nitrogen and oxygen atoms in total. The van der Waals surface area contributed by atoms with Crippen molar-refractivity contribution < 1.29 is 12.8 Å². The van der Waals surface area contributed by atoms with Crippen molar-refractivity contribution in [3.8, 4) is 0 Å². The molecule has 118 valence electrons. The summed E-state index contributed by atoms with van der Waals surface area (Å²) in [7, 11) is -2.19. The molecule has 1 aromatic rings. The van der Waals surface area contributed by atoms with Gasteiger partial charge in [0.05, 0.1) is 0 Å². The maximum absolute atomic E-state index is 14.5. The Morgan fingerprint density at radius 3 is 2.86 bits per heavy atom. The molecule has 0 radical (unpaired) electrons. The first-order valence-corrected chi connectivity index (χ1v) is 9.47. The van der Waals surface area contributed by atoms with E-state index in [0.29, 0.717) is 18.8 Å². The summed E-state index contributed by atoms with van der Waals surface area (Å²) in [5.74, 6) is -0.00832. The average molecular weight is 353 g/mol. The molecule has 1 N–H and O–H groups in total. The van der Waals surface area contributed by atoms with Crippen LogP contribution < -0.4 is 5.32 Å². The minimum absolute atomic E-state index is 0.201. The highest BCUT2D eigenvalue weighted by Crippen LogP contribution is 2.29. The number of thioether (sulfide) groups is 1. The third-order valence-electron chi connectivity index (χ3n) is 3.27. The van der Waals surface area contributed by atoms with E-state index in [4.69, 9.17) is 11.6 Å². The Labute approximate surface area is 134 Å². The van der Waals surface area contributed by atoms with Crippen LogP contribution in [0.2, 0.25) is 5.02 Å². The molecular weight excluding hydrogens is 335 g/mol. The summed E-state index contributed by atoms with van der Waals surface area (Å²) in [6.07, 6.45) is 0. The molecule has 21 heavy (non-hydrogen) atoms. The van der Waals surface area contributed by atoms with Gasteiger partial charge in [-0.25, -0.2) is 12.8 Å². The molecule has 1 heterocycles. The normalized spacial score (nSPS) is 20.7. The van der Waals surface area contributed by atoms with Crippen molar-refractivity contribution >= 4 is 33.4 Å². The summed E-state index contributed by atoms with van der Waals surface area (Å²) < 4.78 is 41.1. The van der Waals surface area contributed by atoms with E-state index in [1.54, 1.807) is 18.8 Å². The lowest BCUT2D eigenvalue weighted by atomic mass is 10.2. The predicted octanol–water partition coefficient (Wildman–Crippen LogP) is 2.32. The van der Waals surface area contributed by atoms with Gasteiger partial charge in [0, 0.05) is 41.2 Å². The van der Waals surface area contributed by atoms with Crippen LogP contribution in [0.15, 0.2) is 17.0 Å². The standard InChI is InChI=1S/C13H18ClFN2O2S2/c1-9-8-17(3-4-20-9)21(18,19)12-6-11(14)5-10(7-16-2)13(12)15/h5-6,9,16H,3-4,7-8H2,1-2H3. The van der Waals surface area contributed by atoms with Crippen molar-refractivity contribution in [3.05, 3.63) is 28.5 Å². The molecular formula is C13H18ClFN2O2S2. The number of hydrogen-bond acceptors (Lipinski definition) is 4. The van der Waals surface area contributed by atoms with Gasteiger partial charge in [0.2, 0.25) is 10.0 Å². The molecule has 1 aromatic carbocycles. The SMILES string of the molecule is CNCc1cc(Cl)cc(S(=O)(=O)N2CCSC(C)C2)c1F. The van der Waals surface area contributed by atoms with Crippen molar-refractivity contribution in [3.63, 3.8) is 0 Å². The van der Waals surface area contributed by atoms with Gasteiger partial charge >= 0.3 is 0 Å². The van der Waals surface area contributed by atoms with E-state index in [0.717, 1.165) is 0 Å². The van der Waals surface area contributed by atoms with Crippen LogP contribution in [0, 0.1) is 5.82 Å². The van der Waals surface area contributed by atoms with E-state index >= 15 is 0 Å². The van der Waals surface area contributed by atoms with Crippen molar-refractivity contribution in [2.24, 2.45) is 0 Å². The van der Waals surface area contributed by atoms with Crippen LogP contribution in [-0.2, 0) is 16.6 Å². The second-order valence-corrected chi connectivity index (χ2v) is 8.84. The maximum Gasteiger partial charge on any atom is 0.246 e. The minimum Gasteiger partial charge on any atom is -0.316 e. The topological polar surface area (TPSA) is 49.4 Å². The second kappa shape index (κ2) is 6.83. The molecule has 0 saturated carbocycles. The van der Waals surface area contributed by atoms with E-state index in [1.807, 2.05) is 6.92 Å². The molecule has 0 aliphatic carbocycles. The summed E-state index contributed by atoms with van der Waals surface area (Å²) >= 11 is 7.67. The smallest absolute Gasteiger partial charge is 0.246 e. The van der Waals surface area contributed by atoms with Crippen LogP contribution in [0.5, 0.6) is 0 Å². The Bertz CT molecular complexity index is 625. The highest BCUT2D eigenvalue weighted by atomic mass is 35.5. The van der Waals surface area contributed by atoms with E-state index in [-0.39, 0.29) is 27.3 Å². The van der Waals surface area contributed by atoms with Gasteiger partial charge in [-0.05, 0) is 19.2 Å². The fourth-order valence-corrected chi connectivity index (χ4v) is 5.46. The summed E-state index contributed by atoms with van der Waals surface area (Å²) in [5.41, 5.74) is 0.253. The third-order valence-corrected chi connectivity index (χ3v) is 6.49. The zero-order valence-corrected chi connectivity index (χ0v) is 14.3. The average Bonchev–Trinajstić information content (AvgIpc) is 2.42. The molecule has 0 bridgehead atoms. The molecule has 1 aliphatic heterocycles. The summed E-state index contributed by atoms with van der Waals surface area (Å²) in [6, 6.07) is 2.64. The Morgan fingerprint density at radius 1 is 1.52 bits per heavy atom. The predicted molar refractivity (Wildman–Crippen MR) is 84.9 cm³/mol. The van der Waals surface area contributed by atoms with Gasteiger partial charge < -0.3 is 5.32 Å². The molecule has 8 heteroatoms. The number of nitrogens with one attached hydrogen (secondary N) is 1. The van der Waals surface area contributed by atoms with Gasteiger partial charge in [0.25, 0.3) is 0 Å². The number of benzene rings is 1. The molecule has 1 unspecified atom stereocenters. The summed E-state index contributed by atoms with van der Waals surface area (Å²) in [6.45, 7) is 2.97. The molecule has 0 spiro atoms. The Kier molecular flexibility index (Phi) is 5.54. The van der Waals surface area contributed by atoms with Crippen molar-refractivity contribution in [2.75, 3.05) is 25.9 Å². The highest BCUT2D eigenvalue weighted by Gasteiger charge is 2.32. The Morgan fingerprint density at radius 2 is 2.24 bits per heavy atom. The number of hydrogen-bond donors (Lipinski definition) is 1. The van der Waals surface area contributed by atoms with Gasteiger partial charge in [0.15, 0.2) is 0 Å². The van der Waals surface area contributed by atoms with Gasteiger partial charge in [-0.1, -0.05) is 18.5 Å². The molecule has 1 fully saturated rings. The van der Waals surface area contributed by atoms with Gasteiger partial charge in [-0.3, -0.25) is 0 Å². The maximum atomic E-state index is 14.5. The van der Waals surface area contributed by atoms with Crippen LogP contribution in [0.25, 0.3) is 0 Å². The lowest BCUT2D eigenvalue weighted by molar-refractivity contribution is 0.419. The van der Waals surface area contributed by atoms with Crippen LogP contribution in [0.1, 0.15) is 12.5 Å². The third kappa shape index (κ3) is 3.71. The molecule has 1 saturated heterocycles. The molecule has 1 atom stereocenters. The number of halogens is 2. The first-order valence-electron chi connectivity index (χ1n) is 6.60. The second-order valence-electron chi connectivity index (χ2n) is 4.95. The van der Waals surface area contributed by atoms with Crippen LogP contribution in [0.4, 0.5) is 4.39 Å². The van der Waals surface area contributed by atoms with E-state index in [2.05, 4.69) is 5.32 Å². The first kappa shape index (κ1) is 17.0. The Hall–Kier alpha value is -0.340. The highest BCUT2D eigenvalue weighted by molar-refractivity contribution is 8.00. The fourth-order valence-electron chi connectivity index (χ4n) is 2.27. The lowest BCUT2D eigenvalue weighted by Gasteiger charge is -2.30. The van der Waals surface area contributed by atoms with Gasteiger partial charge in [-0.15, -0.1) is 0 Å². The molecule has 0 amide bonds. The van der Waals surface area contributed by atoms with E-state index in [1.165, 1.54) is 16.4 Å². The van der Waals surface area contributed by atoms with Crippen molar-refractivity contribution in [1.29, 1.82) is 0 Å². The number of rotatable bonds is 4. The largest absolute Gasteiger partial charge is 0.316 e. The van der Waals surface area contributed by atoms with E-state index in [9.17, 15) is 12.8 Å². The first-order chi connectivity index (χ1) is 9.86. The van der Waals surface area contributed by atoms with E-state index < -0.39 is 15.8 Å². The van der Waals surface area contributed by atoms with Crippen molar-refractivity contribution in [1.82, 2.24) is 9.62 Å². The fraction of sp³-hybridized carbons (Fsp3) is 0.538. The summed E-state index contributed by atoms with van der Waals surface area (Å²) in [4.78, 5) is -0.334.